The molecule has 3 aromatic rings. The first-order valence-corrected chi connectivity index (χ1v) is 12.3. The molecule has 6 heteroatoms. The van der Waals surface area contributed by atoms with E-state index in [-0.39, 0.29) is 35.5 Å². The van der Waals surface area contributed by atoms with Crippen molar-refractivity contribution < 1.29 is 9.59 Å². The molecule has 4 aliphatic carbocycles. The van der Waals surface area contributed by atoms with Crippen molar-refractivity contribution in [2.24, 2.45) is 40.6 Å². The lowest BCUT2D eigenvalue weighted by Crippen LogP contribution is -2.40. The van der Waals surface area contributed by atoms with E-state index >= 15 is 0 Å². The quantitative estimate of drug-likeness (QED) is 0.305. The predicted molar refractivity (Wildman–Crippen MR) is 131 cm³/mol. The maximum Gasteiger partial charge on any atom is 0.254 e. The molecule has 0 radical (unpaired) electrons. The highest BCUT2D eigenvalue weighted by Gasteiger charge is 2.67. The minimum absolute atomic E-state index is 0.131. The molecule has 0 N–H and O–H groups in total. The largest absolute Gasteiger partial charge is 0.340 e. The standard InChI is InChI=1S/C28H24ClN3O2/c1-15-22(17-7-3-5-9-24(17)31(15)14-16-6-2-4-8-23(16)29)13-30-32-27(33)25-18-10-11-19(21-12-20(18)21)26(25)28(32)34/h2-11,13,18-21,25-26H,12,14H2,1H3/b30-13-/t18-,19-,20-,21+,25+,26-/m1/s1. The van der Waals surface area contributed by atoms with Gasteiger partial charge >= 0.3 is 0 Å². The second kappa shape index (κ2) is 7.16. The Labute approximate surface area is 202 Å². The third kappa shape index (κ3) is 2.70. The third-order valence-electron chi connectivity index (χ3n) is 8.51. The summed E-state index contributed by atoms with van der Waals surface area (Å²) in [6.45, 7) is 2.67. The summed E-state index contributed by atoms with van der Waals surface area (Å²) in [6, 6.07) is 16.0. The van der Waals surface area contributed by atoms with Gasteiger partial charge in [0, 0.05) is 33.7 Å². The van der Waals surface area contributed by atoms with Crippen LogP contribution < -0.4 is 0 Å². The Kier molecular flexibility index (Phi) is 4.26. The summed E-state index contributed by atoms with van der Waals surface area (Å²) in [7, 11) is 0. The van der Waals surface area contributed by atoms with Gasteiger partial charge in [-0.25, -0.2) is 0 Å². The van der Waals surface area contributed by atoms with Gasteiger partial charge < -0.3 is 4.57 Å². The number of nitrogens with zero attached hydrogens (tertiary/aromatic N) is 3. The molecule has 5 nitrogen and oxygen atoms in total. The Bertz CT molecular complexity index is 1400. The van der Waals surface area contributed by atoms with Crippen LogP contribution in [0.4, 0.5) is 0 Å². The van der Waals surface area contributed by atoms with Crippen molar-refractivity contribution in [1.29, 1.82) is 0 Å². The van der Waals surface area contributed by atoms with E-state index in [1.165, 1.54) is 0 Å². The lowest BCUT2D eigenvalue weighted by atomic mass is 9.63. The first kappa shape index (κ1) is 20.2. The number of hydrogen-bond donors (Lipinski definition) is 0. The summed E-state index contributed by atoms with van der Waals surface area (Å²) < 4.78 is 2.21. The molecule has 1 aromatic heterocycles. The van der Waals surface area contributed by atoms with Crippen molar-refractivity contribution in [3.05, 3.63) is 82.5 Å². The number of amides is 2. The van der Waals surface area contributed by atoms with Gasteiger partial charge in [0.2, 0.25) is 0 Å². The van der Waals surface area contributed by atoms with E-state index in [1.54, 1.807) is 6.21 Å². The molecule has 6 atom stereocenters. The molecular weight excluding hydrogens is 446 g/mol. The van der Waals surface area contributed by atoms with Crippen molar-refractivity contribution >= 4 is 40.5 Å². The number of aromatic nitrogens is 1. The minimum Gasteiger partial charge on any atom is -0.340 e. The number of hydrazone groups is 1. The number of halogens is 1. The van der Waals surface area contributed by atoms with Crippen LogP contribution in [-0.2, 0) is 16.1 Å². The monoisotopic (exact) mass is 469 g/mol. The van der Waals surface area contributed by atoms with Gasteiger partial charge in [0.25, 0.3) is 11.8 Å². The van der Waals surface area contributed by atoms with Crippen LogP contribution in [0.15, 0.2) is 65.8 Å². The Balaban J connectivity index is 1.25. The highest BCUT2D eigenvalue weighted by Crippen LogP contribution is 2.65. The SMILES string of the molecule is Cc1c(/C=N\N2C(=O)[C@@H]3[C@@H]4C=C[C@H]([C@H]5C[C@@H]45)[C@@H]3C2=O)c2ccccc2n1Cc1ccccc1Cl. The van der Waals surface area contributed by atoms with E-state index in [4.69, 9.17) is 11.6 Å². The zero-order chi connectivity index (χ0) is 23.1. The van der Waals surface area contributed by atoms with Crippen LogP contribution in [0.1, 0.15) is 23.2 Å². The molecule has 2 saturated carbocycles. The summed E-state index contributed by atoms with van der Waals surface area (Å²) >= 11 is 6.44. The number of carbonyl (C=O) groups excluding carboxylic acids is 2. The number of fused-ring (bicyclic) bond motifs is 1. The molecule has 3 fully saturated rings. The van der Waals surface area contributed by atoms with E-state index in [0.29, 0.717) is 18.4 Å². The van der Waals surface area contributed by atoms with Gasteiger partial charge in [-0.3, -0.25) is 9.59 Å². The summed E-state index contributed by atoms with van der Waals surface area (Å²) in [5.74, 6) is 0.856. The molecule has 2 bridgehead atoms. The van der Waals surface area contributed by atoms with E-state index in [9.17, 15) is 9.59 Å². The summed E-state index contributed by atoms with van der Waals surface area (Å²) in [6.07, 6.45) is 7.23. The topological polar surface area (TPSA) is 54.7 Å². The van der Waals surface area contributed by atoms with Crippen LogP contribution >= 0.6 is 11.6 Å². The molecule has 2 aromatic carbocycles. The minimum atomic E-state index is -0.230. The lowest BCUT2D eigenvalue weighted by Gasteiger charge is -2.37. The first-order valence-electron chi connectivity index (χ1n) is 12.0. The van der Waals surface area contributed by atoms with Crippen molar-refractivity contribution in [2.75, 3.05) is 0 Å². The number of rotatable bonds is 4. The van der Waals surface area contributed by atoms with Crippen molar-refractivity contribution in [2.45, 2.75) is 19.9 Å². The van der Waals surface area contributed by atoms with Gasteiger partial charge in [0.15, 0.2) is 0 Å². The van der Waals surface area contributed by atoms with Gasteiger partial charge in [-0.15, -0.1) is 0 Å². The summed E-state index contributed by atoms with van der Waals surface area (Å²) in [4.78, 5) is 26.6. The Morgan fingerprint density at radius 3 is 2.32 bits per heavy atom. The Hall–Kier alpha value is -3.18. The fraction of sp³-hybridized carbons (Fsp3) is 0.321. The summed E-state index contributed by atoms with van der Waals surface area (Å²) in [5, 5.41) is 7.43. The molecule has 1 saturated heterocycles. The number of allylic oxidation sites excluding steroid dienone is 2. The molecule has 8 rings (SSSR count). The van der Waals surface area contributed by atoms with Gasteiger partial charge in [-0.05, 0) is 54.7 Å². The maximum atomic E-state index is 13.3. The fourth-order valence-electron chi connectivity index (χ4n) is 6.79. The second-order valence-electron chi connectivity index (χ2n) is 10.1. The third-order valence-corrected chi connectivity index (χ3v) is 8.88. The molecule has 0 unspecified atom stereocenters. The fourth-order valence-corrected chi connectivity index (χ4v) is 6.99. The summed E-state index contributed by atoms with van der Waals surface area (Å²) in [5.41, 5.74) is 4.04. The highest BCUT2D eigenvalue weighted by atomic mass is 35.5. The van der Waals surface area contributed by atoms with Gasteiger partial charge in [0.05, 0.1) is 18.1 Å². The van der Waals surface area contributed by atoms with E-state index in [0.717, 1.165) is 44.2 Å². The van der Waals surface area contributed by atoms with Crippen LogP contribution in [0.5, 0.6) is 0 Å². The molecule has 0 spiro atoms. The second-order valence-corrected chi connectivity index (χ2v) is 10.5. The van der Waals surface area contributed by atoms with Gasteiger partial charge in [-0.1, -0.05) is 60.2 Å². The van der Waals surface area contributed by atoms with Gasteiger partial charge in [0.1, 0.15) is 0 Å². The highest BCUT2D eigenvalue weighted by molar-refractivity contribution is 6.31. The van der Waals surface area contributed by atoms with E-state index < -0.39 is 0 Å². The van der Waals surface area contributed by atoms with Crippen LogP contribution in [-0.4, -0.2) is 27.6 Å². The van der Waals surface area contributed by atoms with Crippen molar-refractivity contribution in [1.82, 2.24) is 9.58 Å². The van der Waals surface area contributed by atoms with Gasteiger partial charge in [-0.2, -0.15) is 10.1 Å². The van der Waals surface area contributed by atoms with Crippen LogP contribution in [0.3, 0.4) is 0 Å². The van der Waals surface area contributed by atoms with Crippen LogP contribution in [0.2, 0.25) is 5.02 Å². The predicted octanol–water partition coefficient (Wildman–Crippen LogP) is 5.04. The Morgan fingerprint density at radius 2 is 1.62 bits per heavy atom. The molecule has 1 aliphatic heterocycles. The molecular formula is C28H24ClN3O2. The lowest BCUT2D eigenvalue weighted by molar-refractivity contribution is -0.140. The average molecular weight is 470 g/mol. The molecule has 34 heavy (non-hydrogen) atoms. The number of carbonyl (C=O) groups is 2. The molecule has 5 aliphatic rings. The number of imide groups is 1. The average Bonchev–Trinajstić information content (AvgIpc) is 3.59. The van der Waals surface area contributed by atoms with Crippen molar-refractivity contribution in [3.8, 4) is 0 Å². The smallest absolute Gasteiger partial charge is 0.254 e. The van der Waals surface area contributed by atoms with E-state index in [1.807, 2.05) is 43.3 Å². The van der Waals surface area contributed by atoms with E-state index in [2.05, 4.69) is 34.0 Å². The molecule has 2 heterocycles. The molecule has 170 valence electrons. The Morgan fingerprint density at radius 1 is 0.971 bits per heavy atom. The first-order chi connectivity index (χ1) is 16.5. The number of para-hydroxylation sites is 1. The number of hydrogen-bond acceptors (Lipinski definition) is 3. The number of benzene rings is 2. The maximum absolute atomic E-state index is 13.3. The zero-order valence-electron chi connectivity index (χ0n) is 18.8. The molecule has 2 amide bonds. The normalized spacial score (nSPS) is 31.1. The van der Waals surface area contributed by atoms with Crippen LogP contribution in [0.25, 0.3) is 10.9 Å². The van der Waals surface area contributed by atoms with Crippen molar-refractivity contribution in [3.63, 3.8) is 0 Å². The zero-order valence-corrected chi connectivity index (χ0v) is 19.5. The van der Waals surface area contributed by atoms with Crippen LogP contribution in [0, 0.1) is 42.4 Å².